The largest absolute Gasteiger partial charge is 0.340 e. The van der Waals surface area contributed by atoms with Gasteiger partial charge >= 0.3 is 0 Å². The molecule has 1 aromatic carbocycles. The number of nitrogens with one attached hydrogen (secondary N) is 1. The number of aromatic nitrogens is 5. The van der Waals surface area contributed by atoms with Gasteiger partial charge in [0.25, 0.3) is 0 Å². The van der Waals surface area contributed by atoms with E-state index in [9.17, 15) is 0 Å². The molecule has 0 aliphatic carbocycles. The lowest BCUT2D eigenvalue weighted by molar-refractivity contribution is 0.386. The van der Waals surface area contributed by atoms with Crippen molar-refractivity contribution in [1.29, 1.82) is 0 Å². The minimum Gasteiger partial charge on any atom is -0.340 e. The van der Waals surface area contributed by atoms with Crippen LogP contribution in [0.4, 0.5) is 0 Å². The third-order valence-corrected chi connectivity index (χ3v) is 3.70. The summed E-state index contributed by atoms with van der Waals surface area (Å²) in [5, 5.41) is 4.98. The van der Waals surface area contributed by atoms with E-state index in [0.29, 0.717) is 23.0 Å². The first-order chi connectivity index (χ1) is 10.2. The number of hydrogen-bond acceptors (Lipinski definition) is 5. The van der Waals surface area contributed by atoms with Gasteiger partial charge in [-0.3, -0.25) is 4.98 Å². The molecule has 0 saturated carbocycles. The van der Waals surface area contributed by atoms with Crippen LogP contribution in [0.15, 0.2) is 35.0 Å². The Morgan fingerprint density at radius 3 is 3.00 bits per heavy atom. The monoisotopic (exact) mass is 297 g/mol. The molecular formula is C14H11N5OS. The molecule has 3 aromatic heterocycles. The van der Waals surface area contributed by atoms with Crippen LogP contribution < -0.4 is 0 Å². The summed E-state index contributed by atoms with van der Waals surface area (Å²) in [6.45, 7) is 2.23. The average Bonchev–Trinajstić information content (AvgIpc) is 3.03. The van der Waals surface area contributed by atoms with E-state index < -0.39 is 0 Å². The van der Waals surface area contributed by atoms with Gasteiger partial charge in [0.05, 0.1) is 29.3 Å². The van der Waals surface area contributed by atoms with E-state index in [-0.39, 0.29) is 0 Å². The molecule has 0 amide bonds. The van der Waals surface area contributed by atoms with Gasteiger partial charge in [-0.2, -0.15) is 4.98 Å². The first-order valence-electron chi connectivity index (χ1n) is 6.48. The van der Waals surface area contributed by atoms with Gasteiger partial charge in [-0.1, -0.05) is 23.4 Å². The molecule has 0 unspecified atom stereocenters. The topological polar surface area (TPSA) is 72.5 Å². The van der Waals surface area contributed by atoms with Crippen LogP contribution in [-0.2, 0) is 6.54 Å². The molecule has 0 fully saturated rings. The van der Waals surface area contributed by atoms with Crippen molar-refractivity contribution >= 4 is 34.2 Å². The highest BCUT2D eigenvalue weighted by Gasteiger charge is 2.12. The number of para-hydroxylation sites is 1. The average molecular weight is 297 g/mol. The highest BCUT2D eigenvalue weighted by Crippen LogP contribution is 2.23. The van der Waals surface area contributed by atoms with Crippen molar-refractivity contribution in [2.45, 2.75) is 13.5 Å². The number of benzene rings is 1. The Morgan fingerprint density at radius 2 is 2.19 bits per heavy atom. The number of hydrogen-bond donors (Lipinski definition) is 1. The van der Waals surface area contributed by atoms with Crippen LogP contribution in [0, 0.1) is 11.7 Å². The summed E-state index contributed by atoms with van der Waals surface area (Å²) in [4.78, 5) is 11.8. The fourth-order valence-electron chi connectivity index (χ4n) is 2.49. The van der Waals surface area contributed by atoms with E-state index in [0.717, 1.165) is 21.9 Å². The van der Waals surface area contributed by atoms with Crippen molar-refractivity contribution in [3.05, 3.63) is 46.9 Å². The Morgan fingerprint density at radius 1 is 1.33 bits per heavy atom. The van der Waals surface area contributed by atoms with Crippen LogP contribution in [0.2, 0.25) is 0 Å². The van der Waals surface area contributed by atoms with Gasteiger partial charge in [0.1, 0.15) is 0 Å². The molecule has 0 aliphatic rings. The minimum absolute atomic E-state index is 0.462. The number of aryl methyl sites for hydroxylation is 1. The third-order valence-electron chi connectivity index (χ3n) is 3.37. The Kier molecular flexibility index (Phi) is 2.61. The maximum atomic E-state index is 5.42. The van der Waals surface area contributed by atoms with Gasteiger partial charge in [-0.15, -0.1) is 0 Å². The number of aromatic amines is 1. The van der Waals surface area contributed by atoms with Crippen molar-refractivity contribution < 1.29 is 4.52 Å². The summed E-state index contributed by atoms with van der Waals surface area (Å²) in [7, 11) is 0. The maximum Gasteiger partial charge on any atom is 0.223 e. The second kappa shape index (κ2) is 4.49. The molecule has 0 bridgehead atoms. The number of rotatable bonds is 2. The summed E-state index contributed by atoms with van der Waals surface area (Å²) in [6.07, 6.45) is 1.80. The molecule has 0 spiro atoms. The standard InChI is InChI=1S/C14H11N5OS/c1-8-16-12(18-20-8)7-19-13-9-4-2-3-5-10(9)15-6-11(13)17-14(19)21/h2-6H,7H2,1H3,(H,17,21). The van der Waals surface area contributed by atoms with Crippen LogP contribution >= 0.6 is 12.2 Å². The SMILES string of the molecule is Cc1nc(Cn2c(=S)[nH]c3cnc4ccccc4c32)no1. The lowest BCUT2D eigenvalue weighted by Gasteiger charge is -2.04. The third kappa shape index (κ3) is 1.93. The van der Waals surface area contributed by atoms with E-state index in [1.807, 2.05) is 28.8 Å². The lowest BCUT2D eigenvalue weighted by atomic mass is 10.2. The predicted molar refractivity (Wildman–Crippen MR) is 80.6 cm³/mol. The molecule has 0 aliphatic heterocycles. The van der Waals surface area contributed by atoms with Gasteiger partial charge in [0.2, 0.25) is 5.89 Å². The van der Waals surface area contributed by atoms with Gasteiger partial charge in [-0.25, -0.2) is 0 Å². The smallest absolute Gasteiger partial charge is 0.223 e. The zero-order valence-electron chi connectivity index (χ0n) is 11.2. The highest BCUT2D eigenvalue weighted by atomic mass is 32.1. The van der Waals surface area contributed by atoms with E-state index in [1.54, 1.807) is 13.1 Å². The molecule has 4 aromatic rings. The Labute approximate surface area is 124 Å². The maximum absolute atomic E-state index is 5.42. The molecule has 3 heterocycles. The summed E-state index contributed by atoms with van der Waals surface area (Å²) < 4.78 is 7.61. The Hall–Kier alpha value is -2.54. The predicted octanol–water partition coefficient (Wildman–Crippen LogP) is 2.99. The number of H-pyrrole nitrogens is 1. The number of imidazole rings is 1. The van der Waals surface area contributed by atoms with Crippen molar-refractivity contribution in [3.63, 3.8) is 0 Å². The molecule has 0 saturated heterocycles. The van der Waals surface area contributed by atoms with Gasteiger partial charge in [0.15, 0.2) is 10.6 Å². The van der Waals surface area contributed by atoms with Crippen LogP contribution in [0.1, 0.15) is 11.7 Å². The van der Waals surface area contributed by atoms with E-state index in [1.165, 1.54) is 0 Å². The number of nitrogens with zero attached hydrogens (tertiary/aromatic N) is 4. The van der Waals surface area contributed by atoms with Gasteiger partial charge in [0, 0.05) is 12.3 Å². The molecule has 7 heteroatoms. The Balaban J connectivity index is 2.01. The molecule has 21 heavy (non-hydrogen) atoms. The van der Waals surface area contributed by atoms with E-state index in [2.05, 4.69) is 20.1 Å². The summed E-state index contributed by atoms with van der Waals surface area (Å²) in [5.41, 5.74) is 2.84. The molecule has 0 atom stereocenters. The molecule has 1 N–H and O–H groups in total. The molecule has 104 valence electrons. The zero-order valence-corrected chi connectivity index (χ0v) is 12.0. The molecular weight excluding hydrogens is 286 g/mol. The lowest BCUT2D eigenvalue weighted by Crippen LogP contribution is -2.02. The van der Waals surface area contributed by atoms with Gasteiger partial charge < -0.3 is 14.1 Å². The second-order valence-electron chi connectivity index (χ2n) is 4.78. The first-order valence-corrected chi connectivity index (χ1v) is 6.88. The molecule has 6 nitrogen and oxygen atoms in total. The van der Waals surface area contributed by atoms with Crippen molar-refractivity contribution in [1.82, 2.24) is 24.7 Å². The van der Waals surface area contributed by atoms with E-state index in [4.69, 9.17) is 16.7 Å². The van der Waals surface area contributed by atoms with Crippen LogP contribution in [0.5, 0.6) is 0 Å². The van der Waals surface area contributed by atoms with E-state index >= 15 is 0 Å². The van der Waals surface area contributed by atoms with Crippen molar-refractivity contribution in [3.8, 4) is 0 Å². The van der Waals surface area contributed by atoms with Crippen molar-refractivity contribution in [2.24, 2.45) is 0 Å². The quantitative estimate of drug-likeness (QED) is 0.576. The number of pyridine rings is 1. The highest BCUT2D eigenvalue weighted by molar-refractivity contribution is 7.71. The van der Waals surface area contributed by atoms with Crippen LogP contribution in [-0.4, -0.2) is 24.7 Å². The van der Waals surface area contributed by atoms with Crippen LogP contribution in [0.3, 0.4) is 0 Å². The molecule has 4 rings (SSSR count). The second-order valence-corrected chi connectivity index (χ2v) is 5.17. The Bertz CT molecular complexity index is 1010. The summed E-state index contributed by atoms with van der Waals surface area (Å²) in [5.74, 6) is 1.15. The zero-order chi connectivity index (χ0) is 14.4. The summed E-state index contributed by atoms with van der Waals surface area (Å²) in [6, 6.07) is 7.97. The van der Waals surface area contributed by atoms with Gasteiger partial charge in [-0.05, 0) is 18.3 Å². The van der Waals surface area contributed by atoms with Crippen LogP contribution in [0.25, 0.3) is 21.9 Å². The fraction of sp³-hybridized carbons (Fsp3) is 0.143. The number of fused-ring (bicyclic) bond motifs is 3. The van der Waals surface area contributed by atoms with Crippen molar-refractivity contribution in [2.75, 3.05) is 0 Å². The minimum atomic E-state index is 0.462. The first kappa shape index (κ1) is 12.2. The fourth-order valence-corrected chi connectivity index (χ4v) is 2.76. The summed E-state index contributed by atoms with van der Waals surface area (Å²) >= 11 is 5.42. The normalized spacial score (nSPS) is 11.5. The molecule has 0 radical (unpaired) electrons.